The van der Waals surface area contributed by atoms with Crippen LogP contribution in [0.15, 0.2) is 36.5 Å². The van der Waals surface area contributed by atoms with E-state index in [1.54, 1.807) is 6.08 Å². The summed E-state index contributed by atoms with van der Waals surface area (Å²) in [6, 6.07) is -0.995. The molecule has 0 bridgehead atoms. The number of allylic oxidation sites excluding steroid dienone is 5. The summed E-state index contributed by atoms with van der Waals surface area (Å²) in [4.78, 5) is 13.4. The predicted octanol–water partition coefficient (Wildman–Crippen LogP) is 11.9. The number of carbonyl (C=O) groups excluding carboxylic acids is 1. The SMILES string of the molecule is CCCCCCCCCCCCCCCCC/C=C/CC/C=C/CC/C=C/C(O)C(COC1OC(CO)C(OC2OC(CO)C(OC3OC(CO)C(O)C(O)C3O)C(O)C2O)C(O)C1O)NC(=O)CCCCCCCCCCCCCCCCCCCCCCCCCCC. The number of unbranched alkanes of at least 4 members (excludes halogenated alkanes) is 41. The van der Waals surface area contributed by atoms with Gasteiger partial charge in [0.15, 0.2) is 18.9 Å². The van der Waals surface area contributed by atoms with Crippen molar-refractivity contribution < 1.29 is 89.4 Å². The minimum atomic E-state index is -1.98. The number of hydrogen-bond donors (Lipinski definition) is 12. The molecule has 3 fully saturated rings. The van der Waals surface area contributed by atoms with Gasteiger partial charge in [-0.3, -0.25) is 4.79 Å². The fraction of sp³-hybridized carbons (Fsp3) is 0.908. The van der Waals surface area contributed by atoms with Crippen LogP contribution in [0.4, 0.5) is 0 Å². The lowest BCUT2D eigenvalue weighted by atomic mass is 9.96. The van der Waals surface area contributed by atoms with E-state index in [0.717, 1.165) is 44.9 Å². The maximum atomic E-state index is 13.4. The molecule has 3 rings (SSSR count). The first-order valence-electron chi connectivity index (χ1n) is 38.7. The summed E-state index contributed by atoms with van der Waals surface area (Å²) in [5, 5.41) is 121. The van der Waals surface area contributed by atoms with Crippen molar-refractivity contribution in [2.75, 3.05) is 26.4 Å². The third kappa shape index (κ3) is 38.6. The van der Waals surface area contributed by atoms with E-state index in [4.69, 9.17) is 28.4 Å². The van der Waals surface area contributed by atoms with E-state index in [1.165, 1.54) is 231 Å². The van der Waals surface area contributed by atoms with Crippen LogP contribution in [0.1, 0.15) is 309 Å². The molecule has 0 radical (unpaired) electrons. The topological polar surface area (TPSA) is 307 Å². The molecule has 0 saturated carbocycles. The Bertz CT molecular complexity index is 1860. The third-order valence-electron chi connectivity index (χ3n) is 19.4. The molecule has 3 aliphatic rings. The van der Waals surface area contributed by atoms with Crippen molar-refractivity contribution in [2.24, 2.45) is 0 Å². The van der Waals surface area contributed by atoms with Gasteiger partial charge in [0, 0.05) is 6.42 Å². The first kappa shape index (κ1) is 87.2. The highest BCUT2D eigenvalue weighted by Crippen LogP contribution is 2.33. The van der Waals surface area contributed by atoms with E-state index in [2.05, 4.69) is 43.5 Å². The number of amides is 1. The Hall–Kier alpha value is -1.99. The van der Waals surface area contributed by atoms with E-state index >= 15 is 0 Å². The van der Waals surface area contributed by atoms with Crippen molar-refractivity contribution >= 4 is 5.91 Å². The normalized spacial score (nSPS) is 27.4. The number of aliphatic hydroxyl groups excluding tert-OH is 11. The Labute approximate surface area is 574 Å². The summed E-state index contributed by atoms with van der Waals surface area (Å²) in [5.74, 6) is -0.283. The van der Waals surface area contributed by atoms with Crippen LogP contribution in [0.5, 0.6) is 0 Å². The number of aliphatic hydroxyl groups is 11. The highest BCUT2D eigenvalue weighted by Gasteiger charge is 2.53. The maximum Gasteiger partial charge on any atom is 0.220 e. The van der Waals surface area contributed by atoms with Gasteiger partial charge in [-0.05, 0) is 44.9 Å². The molecule has 0 aromatic rings. The highest BCUT2D eigenvalue weighted by atomic mass is 16.8. The molecule has 17 atom stereocenters. The average Bonchev–Trinajstić information content (AvgIpc) is 0.787. The number of nitrogens with one attached hydrogen (secondary N) is 1. The predicted molar refractivity (Wildman–Crippen MR) is 374 cm³/mol. The maximum absolute atomic E-state index is 13.4. The Kier molecular flexibility index (Phi) is 52.9. The molecule has 558 valence electrons. The monoisotopic (exact) mass is 1360 g/mol. The van der Waals surface area contributed by atoms with Crippen LogP contribution in [0.2, 0.25) is 0 Å². The molecule has 0 aromatic carbocycles. The first-order valence-corrected chi connectivity index (χ1v) is 38.7. The fourth-order valence-electron chi connectivity index (χ4n) is 13.2. The molecule has 3 aliphatic heterocycles. The second kappa shape index (κ2) is 57.6. The van der Waals surface area contributed by atoms with Gasteiger partial charge in [0.25, 0.3) is 0 Å². The lowest BCUT2D eigenvalue weighted by Crippen LogP contribution is -2.66. The average molecular weight is 1360 g/mol. The number of hydrogen-bond acceptors (Lipinski definition) is 18. The molecule has 3 saturated heterocycles. The van der Waals surface area contributed by atoms with E-state index in [0.29, 0.717) is 12.8 Å². The van der Waals surface area contributed by atoms with E-state index in [9.17, 15) is 61.0 Å². The molecule has 19 nitrogen and oxygen atoms in total. The quantitative estimate of drug-likeness (QED) is 0.0199. The van der Waals surface area contributed by atoms with Gasteiger partial charge in [-0.2, -0.15) is 0 Å². The van der Waals surface area contributed by atoms with Crippen molar-refractivity contribution in [3.63, 3.8) is 0 Å². The second-order valence-corrected chi connectivity index (χ2v) is 27.8. The molecule has 0 aliphatic carbocycles. The lowest BCUT2D eigenvalue weighted by Gasteiger charge is -2.48. The van der Waals surface area contributed by atoms with Crippen molar-refractivity contribution in [1.29, 1.82) is 0 Å². The van der Waals surface area contributed by atoms with E-state index in [-0.39, 0.29) is 18.9 Å². The van der Waals surface area contributed by atoms with E-state index in [1.807, 2.05) is 6.08 Å². The van der Waals surface area contributed by atoms with Crippen LogP contribution in [0.3, 0.4) is 0 Å². The Balaban J connectivity index is 1.42. The van der Waals surface area contributed by atoms with Crippen LogP contribution < -0.4 is 5.32 Å². The summed E-state index contributed by atoms with van der Waals surface area (Å²) in [6.07, 6.45) is 42.8. The highest BCUT2D eigenvalue weighted by molar-refractivity contribution is 5.76. The zero-order valence-corrected chi connectivity index (χ0v) is 59.4. The van der Waals surface area contributed by atoms with Crippen molar-refractivity contribution in [3.8, 4) is 0 Å². The van der Waals surface area contributed by atoms with Crippen LogP contribution in [-0.2, 0) is 33.2 Å². The zero-order chi connectivity index (χ0) is 68.9. The van der Waals surface area contributed by atoms with Crippen LogP contribution in [0.25, 0.3) is 0 Å². The van der Waals surface area contributed by atoms with Gasteiger partial charge in [0.1, 0.15) is 73.2 Å². The van der Waals surface area contributed by atoms with Gasteiger partial charge in [-0.25, -0.2) is 0 Å². The van der Waals surface area contributed by atoms with Gasteiger partial charge in [-0.15, -0.1) is 0 Å². The largest absolute Gasteiger partial charge is 0.394 e. The van der Waals surface area contributed by atoms with Gasteiger partial charge in [-0.1, -0.05) is 294 Å². The third-order valence-corrected chi connectivity index (χ3v) is 19.4. The molecule has 1 amide bonds. The molecular formula is C76H141NO18. The van der Waals surface area contributed by atoms with Crippen molar-refractivity contribution in [2.45, 2.75) is 413 Å². The van der Waals surface area contributed by atoms with Crippen molar-refractivity contribution in [1.82, 2.24) is 5.32 Å². The van der Waals surface area contributed by atoms with Gasteiger partial charge >= 0.3 is 0 Å². The van der Waals surface area contributed by atoms with Crippen LogP contribution >= 0.6 is 0 Å². The molecule has 19 heteroatoms. The summed E-state index contributed by atoms with van der Waals surface area (Å²) in [7, 11) is 0. The second-order valence-electron chi connectivity index (χ2n) is 27.8. The van der Waals surface area contributed by atoms with Crippen molar-refractivity contribution in [3.05, 3.63) is 36.5 Å². The van der Waals surface area contributed by atoms with Gasteiger partial charge in [0.05, 0.1) is 38.6 Å². The molecule has 0 aromatic heterocycles. The molecule has 12 N–H and O–H groups in total. The number of rotatable bonds is 61. The van der Waals surface area contributed by atoms with E-state index < -0.39 is 124 Å². The lowest BCUT2D eigenvalue weighted by molar-refractivity contribution is -0.379. The molecule has 17 unspecified atom stereocenters. The Morgan fingerprint density at radius 3 is 1.05 bits per heavy atom. The first-order chi connectivity index (χ1) is 46.3. The summed E-state index contributed by atoms with van der Waals surface area (Å²) in [6.45, 7) is 1.76. The zero-order valence-electron chi connectivity index (χ0n) is 59.4. The Morgan fingerprint density at radius 1 is 0.368 bits per heavy atom. The summed E-state index contributed by atoms with van der Waals surface area (Å²) >= 11 is 0. The standard InChI is InChI=1S/C76H141NO18/c1-3-5-7-9-11-13-15-17-19-21-23-25-27-29-31-33-35-37-39-41-43-45-47-49-51-53-60(81)59(77-64(82)54-52-50-48-46-44-42-40-38-36-34-32-30-28-26-24-22-20-18-16-14-12-10-8-6-4-2)58-90-74-70(88)67(85)72(62(56-79)92-74)95-76-71(89)68(86)73(63(57-80)93-76)94-75-69(87)66(84)65(83)61(55-78)91-75/h35,37,43,45,51,53,59-63,65-76,78-81,83-89H,3-34,36,38-42,44,46-50,52,54-58H2,1-2H3,(H,77,82)/b37-35+,45-43+,53-51+. The van der Waals surface area contributed by atoms with Crippen LogP contribution in [-0.4, -0.2) is 193 Å². The molecular weight excluding hydrogens is 1210 g/mol. The summed E-state index contributed by atoms with van der Waals surface area (Å²) in [5.41, 5.74) is 0. The smallest absolute Gasteiger partial charge is 0.220 e. The minimum absolute atomic E-state index is 0.236. The molecule has 95 heavy (non-hydrogen) atoms. The van der Waals surface area contributed by atoms with Gasteiger partial charge < -0.3 is 89.9 Å². The number of ether oxygens (including phenoxy) is 6. The molecule has 3 heterocycles. The molecule has 0 spiro atoms. The number of carbonyl (C=O) groups is 1. The Morgan fingerprint density at radius 2 is 0.674 bits per heavy atom. The fourth-order valence-corrected chi connectivity index (χ4v) is 13.2. The van der Waals surface area contributed by atoms with Crippen LogP contribution in [0, 0.1) is 0 Å². The minimum Gasteiger partial charge on any atom is -0.394 e. The summed E-state index contributed by atoms with van der Waals surface area (Å²) < 4.78 is 34.4. The van der Waals surface area contributed by atoms with Gasteiger partial charge in [0.2, 0.25) is 5.91 Å².